The lowest BCUT2D eigenvalue weighted by Crippen LogP contribution is -2.23. The summed E-state index contributed by atoms with van der Waals surface area (Å²) in [5, 5.41) is 12.9. The summed E-state index contributed by atoms with van der Waals surface area (Å²) in [4.78, 5) is 32.4. The third-order valence-electron chi connectivity index (χ3n) is 7.07. The maximum Gasteiger partial charge on any atom is 0.196 e. The van der Waals surface area contributed by atoms with Gasteiger partial charge < -0.3 is 14.8 Å². The van der Waals surface area contributed by atoms with Crippen molar-refractivity contribution in [2.75, 3.05) is 32.6 Å². The highest BCUT2D eigenvalue weighted by Gasteiger charge is 2.33. The Morgan fingerprint density at radius 2 is 1.39 bits per heavy atom. The number of fused-ring (bicyclic) bond motifs is 1. The Balaban J connectivity index is 1.73. The molecule has 0 aliphatic carbocycles. The number of benzene rings is 4. The molecular formula is C34H29N3O4. The van der Waals surface area contributed by atoms with Crippen LogP contribution in [0.2, 0.25) is 0 Å². The van der Waals surface area contributed by atoms with Crippen molar-refractivity contribution in [3.8, 4) is 6.07 Å². The van der Waals surface area contributed by atoms with Gasteiger partial charge in [-0.3, -0.25) is 14.6 Å². The van der Waals surface area contributed by atoms with Gasteiger partial charge in [0.1, 0.15) is 12.2 Å². The van der Waals surface area contributed by atoms with E-state index in [9.17, 15) is 14.9 Å². The van der Waals surface area contributed by atoms with Crippen molar-refractivity contribution in [3.63, 3.8) is 0 Å². The lowest BCUT2D eigenvalue weighted by Gasteiger charge is -2.25. The zero-order valence-corrected chi connectivity index (χ0v) is 22.8. The number of benzodiazepines with no additional fused rings is 1. The van der Waals surface area contributed by atoms with E-state index < -0.39 is 12.2 Å². The predicted molar refractivity (Wildman–Crippen MR) is 158 cm³/mol. The van der Waals surface area contributed by atoms with Crippen LogP contribution in [0.5, 0.6) is 0 Å². The summed E-state index contributed by atoms with van der Waals surface area (Å²) in [6.07, 6.45) is -2.01. The highest BCUT2D eigenvalue weighted by Crippen LogP contribution is 2.37. The van der Waals surface area contributed by atoms with E-state index in [1.165, 1.54) is 14.2 Å². The van der Waals surface area contributed by atoms with Gasteiger partial charge in [0.2, 0.25) is 0 Å². The predicted octanol–water partition coefficient (Wildman–Crippen LogP) is 5.96. The number of rotatable bonds is 9. The van der Waals surface area contributed by atoms with Gasteiger partial charge >= 0.3 is 0 Å². The van der Waals surface area contributed by atoms with E-state index in [0.29, 0.717) is 46.6 Å². The average Bonchev–Trinajstić information content (AvgIpc) is 3.24. The molecule has 0 saturated heterocycles. The van der Waals surface area contributed by atoms with Gasteiger partial charge in [-0.15, -0.1) is 0 Å². The van der Waals surface area contributed by atoms with Gasteiger partial charge in [-0.1, -0.05) is 72.8 Å². The second-order valence-corrected chi connectivity index (χ2v) is 9.57. The molecule has 0 aromatic heterocycles. The van der Waals surface area contributed by atoms with Crippen molar-refractivity contribution in [1.82, 2.24) is 0 Å². The molecule has 2 unspecified atom stereocenters. The number of nitrogens with one attached hydrogen (secondary N) is 1. The molecule has 0 amide bonds. The number of nitriles is 1. The Labute approximate surface area is 239 Å². The van der Waals surface area contributed by atoms with Crippen LogP contribution >= 0.6 is 0 Å². The molecule has 2 atom stereocenters. The average molecular weight is 544 g/mol. The second-order valence-electron chi connectivity index (χ2n) is 9.57. The van der Waals surface area contributed by atoms with E-state index in [2.05, 4.69) is 11.4 Å². The maximum atomic E-state index is 13.8. The van der Waals surface area contributed by atoms with Crippen molar-refractivity contribution < 1.29 is 19.1 Å². The van der Waals surface area contributed by atoms with Crippen LogP contribution in [0, 0.1) is 11.3 Å². The number of Topliss-reactive ketones (excluding diaryl/α,β-unsaturated/α-hetero) is 2. The van der Waals surface area contributed by atoms with Crippen LogP contribution in [0.1, 0.15) is 60.7 Å². The molecule has 0 radical (unpaired) electrons. The SMILES string of the molecule is COC(C(=O)c1ccccc1)c1cc2c(cc1C(OC)C(=O)c1ccccc1)C(c1cccc(C#N)c1)=NCCN2. The lowest BCUT2D eigenvalue weighted by atomic mass is 9.86. The number of anilines is 1. The Hall–Kier alpha value is -4.90. The van der Waals surface area contributed by atoms with Gasteiger partial charge in [-0.2, -0.15) is 5.26 Å². The smallest absolute Gasteiger partial charge is 0.196 e. The maximum absolute atomic E-state index is 13.8. The minimum absolute atomic E-state index is 0.236. The van der Waals surface area contributed by atoms with Crippen molar-refractivity contribution in [2.45, 2.75) is 12.2 Å². The first-order valence-corrected chi connectivity index (χ1v) is 13.3. The molecule has 0 fully saturated rings. The number of methoxy groups -OCH3 is 2. The minimum Gasteiger partial charge on any atom is -0.383 e. The van der Waals surface area contributed by atoms with Gasteiger partial charge in [-0.25, -0.2) is 0 Å². The number of ether oxygens (including phenoxy) is 2. The fraction of sp³-hybridized carbons (Fsp3) is 0.176. The fourth-order valence-electron chi connectivity index (χ4n) is 5.11. The van der Waals surface area contributed by atoms with Gasteiger partial charge in [-0.05, 0) is 35.4 Å². The van der Waals surface area contributed by atoms with Gasteiger partial charge in [0.25, 0.3) is 0 Å². The fourth-order valence-corrected chi connectivity index (χ4v) is 5.11. The largest absolute Gasteiger partial charge is 0.383 e. The number of carbonyl (C=O) groups excluding carboxylic acids is 2. The molecule has 5 rings (SSSR count). The molecule has 7 nitrogen and oxygen atoms in total. The first kappa shape index (κ1) is 27.7. The molecule has 204 valence electrons. The standard InChI is InChI=1S/C34H29N3O4/c1-40-33(31(38)23-11-5-3-6-12-23)26-19-28-29(20-27(26)34(41-2)32(39)24-13-7-4-8-14-24)36-16-17-37-30(28)25-15-9-10-22(18-25)21-35/h3-15,18-20,33-34,36H,16-17H2,1-2H3. The van der Waals surface area contributed by atoms with Crippen molar-refractivity contribution in [3.05, 3.63) is 136 Å². The summed E-state index contributed by atoms with van der Waals surface area (Å²) in [6, 6.07) is 31.0. The molecule has 4 aromatic rings. The Bertz CT molecular complexity index is 1640. The van der Waals surface area contributed by atoms with Crippen LogP contribution < -0.4 is 5.32 Å². The highest BCUT2D eigenvalue weighted by molar-refractivity contribution is 6.17. The zero-order valence-electron chi connectivity index (χ0n) is 22.8. The summed E-state index contributed by atoms with van der Waals surface area (Å²) in [7, 11) is 2.96. The molecule has 41 heavy (non-hydrogen) atoms. The number of hydrogen-bond donors (Lipinski definition) is 1. The normalized spacial score (nSPS) is 13.9. The summed E-state index contributed by atoms with van der Waals surface area (Å²) >= 11 is 0. The van der Waals surface area contributed by atoms with E-state index in [0.717, 1.165) is 16.8 Å². The zero-order chi connectivity index (χ0) is 28.8. The molecule has 4 aromatic carbocycles. The minimum atomic E-state index is -1.02. The number of carbonyl (C=O) groups is 2. The third-order valence-corrected chi connectivity index (χ3v) is 7.07. The first-order chi connectivity index (χ1) is 20.0. The van der Waals surface area contributed by atoms with Crippen LogP contribution in [0.4, 0.5) is 5.69 Å². The molecule has 1 aliphatic rings. The molecular weight excluding hydrogens is 514 g/mol. The topological polar surface area (TPSA) is 101 Å². The Morgan fingerprint density at radius 3 is 1.95 bits per heavy atom. The van der Waals surface area contributed by atoms with Gasteiger partial charge in [0, 0.05) is 48.7 Å². The third kappa shape index (κ3) is 5.71. The summed E-state index contributed by atoms with van der Waals surface area (Å²) in [5.41, 5.74) is 5.46. The van der Waals surface area contributed by atoms with E-state index in [-0.39, 0.29) is 11.6 Å². The van der Waals surface area contributed by atoms with Crippen LogP contribution in [-0.2, 0) is 9.47 Å². The monoisotopic (exact) mass is 543 g/mol. The lowest BCUT2D eigenvalue weighted by molar-refractivity contribution is 0.0530. The number of aliphatic imine (C=N–C) groups is 1. The molecule has 1 N–H and O–H groups in total. The molecule has 0 spiro atoms. The van der Waals surface area contributed by atoms with E-state index in [1.54, 1.807) is 60.7 Å². The van der Waals surface area contributed by atoms with Crippen molar-refractivity contribution in [1.29, 1.82) is 5.26 Å². The van der Waals surface area contributed by atoms with Crippen LogP contribution in [-0.4, -0.2) is 44.6 Å². The van der Waals surface area contributed by atoms with Crippen LogP contribution in [0.25, 0.3) is 0 Å². The van der Waals surface area contributed by atoms with E-state index in [1.807, 2.05) is 36.4 Å². The molecule has 7 heteroatoms. The van der Waals surface area contributed by atoms with Gasteiger partial charge in [0.15, 0.2) is 11.6 Å². The van der Waals surface area contributed by atoms with Crippen molar-refractivity contribution >= 4 is 23.0 Å². The Kier molecular flexibility index (Phi) is 8.44. The van der Waals surface area contributed by atoms with E-state index >= 15 is 0 Å². The van der Waals surface area contributed by atoms with E-state index in [4.69, 9.17) is 14.5 Å². The molecule has 1 aliphatic heterocycles. The summed E-state index contributed by atoms with van der Waals surface area (Å²) in [5.74, 6) is -0.483. The van der Waals surface area contributed by atoms with Crippen LogP contribution in [0.15, 0.2) is 102 Å². The summed E-state index contributed by atoms with van der Waals surface area (Å²) in [6.45, 7) is 1.06. The first-order valence-electron chi connectivity index (χ1n) is 13.3. The summed E-state index contributed by atoms with van der Waals surface area (Å²) < 4.78 is 11.7. The second kappa shape index (κ2) is 12.5. The number of hydrogen-bond acceptors (Lipinski definition) is 7. The molecule has 0 bridgehead atoms. The van der Waals surface area contributed by atoms with Crippen molar-refractivity contribution in [2.24, 2.45) is 4.99 Å². The number of nitrogens with zero attached hydrogens (tertiary/aromatic N) is 2. The van der Waals surface area contributed by atoms with Gasteiger partial charge in [0.05, 0.1) is 23.9 Å². The number of ketones is 2. The molecule has 0 saturated carbocycles. The molecule has 1 heterocycles. The van der Waals surface area contributed by atoms with Crippen LogP contribution in [0.3, 0.4) is 0 Å². The quantitative estimate of drug-likeness (QED) is 0.261. The Morgan fingerprint density at radius 1 is 0.805 bits per heavy atom. The highest BCUT2D eigenvalue weighted by atomic mass is 16.5.